The number of benzene rings is 1. The molecule has 2 unspecified atom stereocenters. The molecule has 5 rings (SSSR count). The lowest BCUT2D eigenvalue weighted by Gasteiger charge is -2.34. The third-order valence-electron chi connectivity index (χ3n) is 8.39. The van der Waals surface area contributed by atoms with Crippen LogP contribution < -0.4 is 5.32 Å². The van der Waals surface area contributed by atoms with Gasteiger partial charge in [0.05, 0.1) is 29.1 Å². The van der Waals surface area contributed by atoms with Gasteiger partial charge in [-0.25, -0.2) is 14.4 Å². The van der Waals surface area contributed by atoms with Gasteiger partial charge in [-0.05, 0) is 62.6 Å². The van der Waals surface area contributed by atoms with Gasteiger partial charge in [0, 0.05) is 45.8 Å². The minimum Gasteiger partial charge on any atom is -0.381 e. The molecule has 37 heavy (non-hydrogen) atoms. The Kier molecular flexibility index (Phi) is 7.53. The van der Waals surface area contributed by atoms with Crippen molar-refractivity contribution in [1.82, 2.24) is 25.1 Å². The van der Waals surface area contributed by atoms with Crippen LogP contribution >= 0.6 is 0 Å². The smallest absolute Gasteiger partial charge is 0.257 e. The van der Waals surface area contributed by atoms with Crippen LogP contribution in [0.4, 0.5) is 4.39 Å². The van der Waals surface area contributed by atoms with E-state index in [0.29, 0.717) is 23.8 Å². The van der Waals surface area contributed by atoms with E-state index in [4.69, 9.17) is 4.74 Å². The first-order valence-corrected chi connectivity index (χ1v) is 13.2. The Morgan fingerprint density at radius 3 is 2.41 bits per heavy atom. The Bertz CT molecular complexity index is 1120. The molecule has 8 nitrogen and oxygen atoms in total. The second-order valence-corrected chi connectivity index (χ2v) is 10.8. The highest BCUT2D eigenvalue weighted by Gasteiger charge is 2.42. The molecule has 0 spiro atoms. The number of carbonyl (C=O) groups is 2. The lowest BCUT2D eigenvalue weighted by Crippen LogP contribution is -2.43. The lowest BCUT2D eigenvalue weighted by molar-refractivity contribution is -0.133. The number of methoxy groups -OCH3 is 1. The van der Waals surface area contributed by atoms with E-state index in [2.05, 4.69) is 20.2 Å². The van der Waals surface area contributed by atoms with Crippen molar-refractivity contribution >= 4 is 11.8 Å². The molecule has 9 heteroatoms. The van der Waals surface area contributed by atoms with Gasteiger partial charge in [-0.2, -0.15) is 0 Å². The molecule has 2 amide bonds. The van der Waals surface area contributed by atoms with Gasteiger partial charge < -0.3 is 19.9 Å². The quantitative estimate of drug-likeness (QED) is 0.589. The zero-order valence-corrected chi connectivity index (χ0v) is 21.8. The minimum atomic E-state index is -0.297. The molecule has 3 fully saturated rings. The summed E-state index contributed by atoms with van der Waals surface area (Å²) < 4.78 is 19.3. The van der Waals surface area contributed by atoms with Crippen molar-refractivity contribution in [1.29, 1.82) is 0 Å². The van der Waals surface area contributed by atoms with E-state index >= 15 is 0 Å². The fourth-order valence-electron chi connectivity index (χ4n) is 6.12. The van der Waals surface area contributed by atoms with Crippen LogP contribution in [-0.4, -0.2) is 77.5 Å². The maximum absolute atomic E-state index is 14.0. The predicted octanol–water partition coefficient (Wildman–Crippen LogP) is 2.91. The fraction of sp³-hybridized carbons (Fsp3) is 0.571. The van der Waals surface area contributed by atoms with Crippen LogP contribution in [0.3, 0.4) is 0 Å². The Labute approximate surface area is 217 Å². The van der Waals surface area contributed by atoms with Crippen LogP contribution in [0.25, 0.3) is 0 Å². The zero-order chi connectivity index (χ0) is 26.1. The van der Waals surface area contributed by atoms with Gasteiger partial charge in [-0.1, -0.05) is 12.1 Å². The summed E-state index contributed by atoms with van der Waals surface area (Å²) in [6.07, 6.45) is 3.83. The van der Waals surface area contributed by atoms with Crippen molar-refractivity contribution in [3.8, 4) is 0 Å². The van der Waals surface area contributed by atoms with Crippen LogP contribution in [0.2, 0.25) is 0 Å². The number of hydrogen-bond donors (Lipinski definition) is 1. The molecule has 1 aromatic heterocycles. The monoisotopic (exact) mass is 509 g/mol. The van der Waals surface area contributed by atoms with Gasteiger partial charge in [0.1, 0.15) is 12.1 Å². The van der Waals surface area contributed by atoms with Gasteiger partial charge in [0.2, 0.25) is 5.91 Å². The van der Waals surface area contributed by atoms with Crippen LogP contribution in [0, 0.1) is 37.4 Å². The number of carbonyl (C=O) groups excluding carboxylic acids is 2. The Morgan fingerprint density at radius 1 is 1.11 bits per heavy atom. The van der Waals surface area contributed by atoms with Crippen molar-refractivity contribution in [2.75, 3.05) is 39.8 Å². The van der Waals surface area contributed by atoms with Crippen molar-refractivity contribution in [3.05, 3.63) is 58.9 Å². The fourth-order valence-corrected chi connectivity index (χ4v) is 6.12. The number of nitrogens with one attached hydrogen (secondary N) is 1. The molecule has 1 saturated carbocycles. The highest BCUT2D eigenvalue weighted by Crippen LogP contribution is 2.34. The molecule has 0 radical (unpaired) electrons. The van der Waals surface area contributed by atoms with Gasteiger partial charge in [0.25, 0.3) is 5.91 Å². The first-order valence-electron chi connectivity index (χ1n) is 13.2. The molecule has 3 atom stereocenters. The average molecular weight is 510 g/mol. The summed E-state index contributed by atoms with van der Waals surface area (Å²) in [4.78, 5) is 38.8. The summed E-state index contributed by atoms with van der Waals surface area (Å²) in [7, 11) is 1.67. The molecular weight excluding hydrogens is 473 g/mol. The molecule has 198 valence electrons. The van der Waals surface area contributed by atoms with Gasteiger partial charge >= 0.3 is 0 Å². The highest BCUT2D eigenvalue weighted by molar-refractivity contribution is 5.96. The second kappa shape index (κ2) is 10.8. The second-order valence-electron chi connectivity index (χ2n) is 10.8. The van der Waals surface area contributed by atoms with E-state index < -0.39 is 0 Å². The number of ether oxygens (including phenoxy) is 1. The molecule has 3 heterocycles. The number of likely N-dealkylation sites (tertiary alicyclic amines) is 2. The van der Waals surface area contributed by atoms with Crippen molar-refractivity contribution in [2.45, 2.75) is 45.3 Å². The average Bonchev–Trinajstić information content (AvgIpc) is 3.40. The number of hydrogen-bond acceptors (Lipinski definition) is 6. The van der Waals surface area contributed by atoms with Crippen LogP contribution in [0.1, 0.15) is 52.6 Å². The summed E-state index contributed by atoms with van der Waals surface area (Å²) >= 11 is 0. The SMILES string of the molecule is COC1CC(C(=O)N[C@@H](CCN2CC3CN(C(=O)c4c(C)ncnc4C)CC3C2)c2cccc(F)c2)C1. The normalized spacial score (nSPS) is 26.0. The summed E-state index contributed by atoms with van der Waals surface area (Å²) in [5.74, 6) is 0.560. The van der Waals surface area contributed by atoms with Crippen molar-refractivity contribution in [3.63, 3.8) is 0 Å². The van der Waals surface area contributed by atoms with E-state index in [1.54, 1.807) is 13.2 Å². The van der Waals surface area contributed by atoms with Crippen molar-refractivity contribution < 1.29 is 18.7 Å². The molecule has 2 aliphatic heterocycles. The van der Waals surface area contributed by atoms with Gasteiger partial charge in [-0.15, -0.1) is 0 Å². The minimum absolute atomic E-state index is 0.0190. The molecule has 1 N–H and O–H groups in total. The number of nitrogens with zero attached hydrogens (tertiary/aromatic N) is 4. The summed E-state index contributed by atoms with van der Waals surface area (Å²) in [6, 6.07) is 6.28. The van der Waals surface area contributed by atoms with Gasteiger partial charge in [0.15, 0.2) is 0 Å². The number of halogens is 1. The summed E-state index contributed by atoms with van der Waals surface area (Å²) in [6.45, 7) is 7.82. The Hall–Kier alpha value is -2.91. The predicted molar refractivity (Wildman–Crippen MR) is 136 cm³/mol. The van der Waals surface area contributed by atoms with Crippen LogP contribution in [-0.2, 0) is 9.53 Å². The number of amides is 2. The molecular formula is C28H36FN5O3. The molecule has 2 aromatic rings. The lowest BCUT2D eigenvalue weighted by atomic mass is 9.81. The summed E-state index contributed by atoms with van der Waals surface area (Å²) in [5.41, 5.74) is 2.86. The van der Waals surface area contributed by atoms with Gasteiger partial charge in [-0.3, -0.25) is 9.59 Å². The van der Waals surface area contributed by atoms with Crippen LogP contribution in [0.15, 0.2) is 30.6 Å². The summed E-state index contributed by atoms with van der Waals surface area (Å²) in [5, 5.41) is 3.18. The topological polar surface area (TPSA) is 87.7 Å². The Balaban J connectivity index is 1.17. The molecule has 1 aromatic carbocycles. The number of fused-ring (bicyclic) bond motifs is 1. The van der Waals surface area contributed by atoms with E-state index in [0.717, 1.165) is 62.5 Å². The largest absolute Gasteiger partial charge is 0.381 e. The third-order valence-corrected chi connectivity index (χ3v) is 8.39. The third kappa shape index (κ3) is 5.52. The molecule has 2 saturated heterocycles. The number of rotatable bonds is 8. The number of aromatic nitrogens is 2. The molecule has 1 aliphatic carbocycles. The molecule has 3 aliphatic rings. The maximum atomic E-state index is 14.0. The highest BCUT2D eigenvalue weighted by atomic mass is 19.1. The van der Waals surface area contributed by atoms with E-state index in [9.17, 15) is 14.0 Å². The molecule has 0 bridgehead atoms. The first-order chi connectivity index (χ1) is 17.8. The zero-order valence-electron chi connectivity index (χ0n) is 21.8. The van der Waals surface area contributed by atoms with Crippen molar-refractivity contribution in [2.24, 2.45) is 17.8 Å². The van der Waals surface area contributed by atoms with E-state index in [-0.39, 0.29) is 35.7 Å². The van der Waals surface area contributed by atoms with E-state index in [1.165, 1.54) is 18.5 Å². The van der Waals surface area contributed by atoms with E-state index in [1.807, 2.05) is 24.8 Å². The maximum Gasteiger partial charge on any atom is 0.257 e. The standard InChI is InChI=1S/C28H36FN5O3/c1-17-26(18(2)31-16-30-17)28(36)34-14-21-12-33(13-22(21)15-34)8-7-25(19-5-4-6-23(29)9-19)32-27(35)20-10-24(11-20)37-3/h4-6,9,16,20-22,24-25H,7-8,10-15H2,1-3H3,(H,32,35)/t20?,21?,22?,24?,25-/m0/s1. The number of aryl methyl sites for hydroxylation is 2. The van der Waals surface area contributed by atoms with Crippen LogP contribution in [0.5, 0.6) is 0 Å². The first kappa shape index (κ1) is 25.7. The Morgan fingerprint density at radius 2 is 1.78 bits per heavy atom.